The molecule has 2 N–H and O–H groups in total. The summed E-state index contributed by atoms with van der Waals surface area (Å²) in [4.78, 5) is 34.7. The summed E-state index contributed by atoms with van der Waals surface area (Å²) in [6, 6.07) is 4.38. The molecule has 0 spiro atoms. The summed E-state index contributed by atoms with van der Waals surface area (Å²) >= 11 is 0. The Morgan fingerprint density at radius 1 is 1.21 bits per heavy atom. The molecule has 0 saturated heterocycles. The van der Waals surface area contributed by atoms with Crippen LogP contribution in [0.1, 0.15) is 40.1 Å². The molecular formula is C17H20O7. The fourth-order valence-corrected chi connectivity index (χ4v) is 1.98. The van der Waals surface area contributed by atoms with E-state index in [9.17, 15) is 24.6 Å². The topological polar surface area (TPSA) is 110 Å². The maximum absolute atomic E-state index is 12.1. The van der Waals surface area contributed by atoms with E-state index in [-0.39, 0.29) is 36.3 Å². The van der Waals surface area contributed by atoms with Crippen LogP contribution < -0.4 is 0 Å². The van der Waals surface area contributed by atoms with Crippen LogP contribution in [0, 0.1) is 0 Å². The van der Waals surface area contributed by atoms with Crippen LogP contribution in [-0.4, -0.2) is 47.4 Å². The molecule has 24 heavy (non-hydrogen) atoms. The maximum atomic E-state index is 12.1. The number of esters is 2. The first-order valence-electron chi connectivity index (χ1n) is 7.27. The molecule has 0 aromatic heterocycles. The lowest BCUT2D eigenvalue weighted by Crippen LogP contribution is -2.18. The van der Waals surface area contributed by atoms with Crippen molar-refractivity contribution in [1.82, 2.24) is 0 Å². The highest BCUT2D eigenvalue weighted by molar-refractivity contribution is 6.03. The SMILES string of the molecule is C=C(C)C(=O)OCCOC(=O)c1cccc(CC(C)O)c1C(=O)O. The van der Waals surface area contributed by atoms with Crippen LogP contribution in [0.3, 0.4) is 0 Å². The van der Waals surface area contributed by atoms with E-state index in [1.807, 2.05) is 0 Å². The van der Waals surface area contributed by atoms with Gasteiger partial charge < -0.3 is 19.7 Å². The number of aliphatic hydroxyl groups is 1. The Morgan fingerprint density at radius 2 is 1.83 bits per heavy atom. The lowest BCUT2D eigenvalue weighted by atomic mass is 9.97. The Kier molecular flexibility index (Phi) is 7.13. The first-order chi connectivity index (χ1) is 11.2. The second-order valence-corrected chi connectivity index (χ2v) is 5.25. The minimum Gasteiger partial charge on any atom is -0.478 e. The zero-order valence-corrected chi connectivity index (χ0v) is 13.6. The molecular weight excluding hydrogens is 316 g/mol. The lowest BCUT2D eigenvalue weighted by molar-refractivity contribution is -0.140. The van der Waals surface area contributed by atoms with Gasteiger partial charge in [-0.1, -0.05) is 18.7 Å². The first kappa shape index (κ1) is 19.4. The fourth-order valence-electron chi connectivity index (χ4n) is 1.98. The molecule has 0 aliphatic carbocycles. The number of ether oxygens (including phenoxy) is 2. The number of carboxylic acid groups (broad SMARTS) is 1. The highest BCUT2D eigenvalue weighted by Crippen LogP contribution is 2.18. The number of hydrogen-bond donors (Lipinski definition) is 2. The van der Waals surface area contributed by atoms with Crippen LogP contribution in [0.5, 0.6) is 0 Å². The molecule has 1 unspecified atom stereocenters. The molecule has 0 amide bonds. The van der Waals surface area contributed by atoms with E-state index in [1.165, 1.54) is 32.0 Å². The zero-order chi connectivity index (χ0) is 18.3. The summed E-state index contributed by atoms with van der Waals surface area (Å²) < 4.78 is 9.72. The van der Waals surface area contributed by atoms with Crippen molar-refractivity contribution in [3.8, 4) is 0 Å². The molecule has 1 atom stereocenters. The van der Waals surface area contributed by atoms with Gasteiger partial charge >= 0.3 is 17.9 Å². The number of benzene rings is 1. The van der Waals surface area contributed by atoms with Gasteiger partial charge in [0.1, 0.15) is 13.2 Å². The van der Waals surface area contributed by atoms with Crippen LogP contribution in [-0.2, 0) is 20.7 Å². The molecule has 0 bridgehead atoms. The summed E-state index contributed by atoms with van der Waals surface area (Å²) in [7, 11) is 0. The minimum absolute atomic E-state index is 0.0962. The molecule has 7 heteroatoms. The summed E-state index contributed by atoms with van der Waals surface area (Å²) in [6.07, 6.45) is -0.658. The third kappa shape index (κ3) is 5.51. The maximum Gasteiger partial charge on any atom is 0.339 e. The van der Waals surface area contributed by atoms with Gasteiger partial charge in [0.25, 0.3) is 0 Å². The first-order valence-corrected chi connectivity index (χ1v) is 7.27. The Balaban J connectivity index is 2.81. The average molecular weight is 336 g/mol. The lowest BCUT2D eigenvalue weighted by Gasteiger charge is -2.12. The van der Waals surface area contributed by atoms with Crippen molar-refractivity contribution in [3.63, 3.8) is 0 Å². The van der Waals surface area contributed by atoms with Gasteiger partial charge in [0, 0.05) is 5.57 Å². The predicted octanol–water partition coefficient (Wildman–Crippen LogP) is 1.58. The van der Waals surface area contributed by atoms with Gasteiger partial charge in [0.2, 0.25) is 0 Å². The van der Waals surface area contributed by atoms with Crippen molar-refractivity contribution in [3.05, 3.63) is 47.0 Å². The highest BCUT2D eigenvalue weighted by atomic mass is 16.6. The number of carbonyl (C=O) groups excluding carboxylic acids is 2. The summed E-state index contributed by atoms with van der Waals surface area (Å²) in [5, 5.41) is 18.8. The van der Waals surface area contributed by atoms with Crippen molar-refractivity contribution in [2.75, 3.05) is 13.2 Å². The number of aliphatic hydroxyl groups excluding tert-OH is 1. The quantitative estimate of drug-likeness (QED) is 0.421. The van der Waals surface area contributed by atoms with Crippen molar-refractivity contribution in [2.24, 2.45) is 0 Å². The molecule has 1 aromatic rings. The van der Waals surface area contributed by atoms with E-state index in [4.69, 9.17) is 9.47 Å². The van der Waals surface area contributed by atoms with Crippen molar-refractivity contribution in [1.29, 1.82) is 0 Å². The second-order valence-electron chi connectivity index (χ2n) is 5.25. The van der Waals surface area contributed by atoms with Gasteiger partial charge in [-0.05, 0) is 31.9 Å². The van der Waals surface area contributed by atoms with Crippen molar-refractivity contribution in [2.45, 2.75) is 26.4 Å². The highest BCUT2D eigenvalue weighted by Gasteiger charge is 2.22. The van der Waals surface area contributed by atoms with E-state index in [0.29, 0.717) is 5.56 Å². The summed E-state index contributed by atoms with van der Waals surface area (Å²) in [5.74, 6) is -2.73. The normalized spacial score (nSPS) is 11.5. The smallest absolute Gasteiger partial charge is 0.339 e. The van der Waals surface area contributed by atoms with Crippen LogP contribution in [0.2, 0.25) is 0 Å². The fraction of sp³-hybridized carbons (Fsp3) is 0.353. The van der Waals surface area contributed by atoms with Gasteiger partial charge in [0.05, 0.1) is 17.2 Å². The standard InChI is InChI=1S/C17H20O7/c1-10(2)16(21)23-7-8-24-17(22)13-6-4-5-12(9-11(3)18)14(13)15(19)20/h4-6,11,18H,1,7-9H2,2-3H3,(H,19,20). The van der Waals surface area contributed by atoms with Gasteiger partial charge in [0.15, 0.2) is 0 Å². The van der Waals surface area contributed by atoms with Gasteiger partial charge in [-0.2, -0.15) is 0 Å². The van der Waals surface area contributed by atoms with Gasteiger partial charge in [-0.25, -0.2) is 14.4 Å². The van der Waals surface area contributed by atoms with E-state index >= 15 is 0 Å². The van der Waals surface area contributed by atoms with Crippen LogP contribution in [0.25, 0.3) is 0 Å². The third-order valence-corrected chi connectivity index (χ3v) is 3.00. The Labute approximate surface area is 139 Å². The molecule has 0 fully saturated rings. The summed E-state index contributed by atoms with van der Waals surface area (Å²) in [5.41, 5.74) is 0.232. The third-order valence-electron chi connectivity index (χ3n) is 3.00. The predicted molar refractivity (Wildman–Crippen MR) is 84.8 cm³/mol. The number of carboxylic acids is 1. The molecule has 0 aliphatic rings. The Bertz CT molecular complexity index is 646. The monoisotopic (exact) mass is 336 g/mol. The van der Waals surface area contributed by atoms with E-state index in [2.05, 4.69) is 6.58 Å². The van der Waals surface area contributed by atoms with E-state index in [1.54, 1.807) is 0 Å². The molecule has 0 radical (unpaired) electrons. The molecule has 1 aromatic carbocycles. The molecule has 130 valence electrons. The zero-order valence-electron chi connectivity index (χ0n) is 13.6. The molecule has 7 nitrogen and oxygen atoms in total. The van der Waals surface area contributed by atoms with Crippen LogP contribution >= 0.6 is 0 Å². The van der Waals surface area contributed by atoms with Crippen LogP contribution in [0.15, 0.2) is 30.4 Å². The molecule has 0 heterocycles. The van der Waals surface area contributed by atoms with Crippen molar-refractivity contribution >= 4 is 17.9 Å². The molecule has 0 saturated carbocycles. The molecule has 1 rings (SSSR count). The van der Waals surface area contributed by atoms with Crippen molar-refractivity contribution < 1.29 is 34.1 Å². The number of rotatable bonds is 8. The number of hydrogen-bond acceptors (Lipinski definition) is 6. The Morgan fingerprint density at radius 3 is 2.38 bits per heavy atom. The second kappa shape index (κ2) is 8.83. The minimum atomic E-state index is -1.29. The Hall–Kier alpha value is -2.67. The largest absolute Gasteiger partial charge is 0.478 e. The number of aromatic carboxylic acids is 1. The number of carbonyl (C=O) groups is 3. The van der Waals surface area contributed by atoms with Gasteiger partial charge in [-0.3, -0.25) is 0 Å². The van der Waals surface area contributed by atoms with Crippen LogP contribution in [0.4, 0.5) is 0 Å². The molecule has 0 aliphatic heterocycles. The van der Waals surface area contributed by atoms with E-state index in [0.717, 1.165) is 0 Å². The summed E-state index contributed by atoms with van der Waals surface area (Å²) in [6.45, 7) is 6.05. The van der Waals surface area contributed by atoms with E-state index < -0.39 is 24.0 Å². The average Bonchev–Trinajstić information content (AvgIpc) is 2.49. The van der Waals surface area contributed by atoms with Gasteiger partial charge in [-0.15, -0.1) is 0 Å².